The van der Waals surface area contributed by atoms with Crippen molar-refractivity contribution < 1.29 is 9.59 Å². The van der Waals surface area contributed by atoms with Crippen molar-refractivity contribution in [1.82, 2.24) is 0 Å². The van der Waals surface area contributed by atoms with E-state index in [9.17, 15) is 9.59 Å². The van der Waals surface area contributed by atoms with Crippen LogP contribution in [0.1, 0.15) is 62.3 Å². The van der Waals surface area contributed by atoms with Gasteiger partial charge in [0.25, 0.3) is 0 Å². The third-order valence-corrected chi connectivity index (χ3v) is 6.48. The molecule has 2 aromatic carbocycles. The summed E-state index contributed by atoms with van der Waals surface area (Å²) >= 11 is 0. The molecule has 0 bridgehead atoms. The Bertz CT molecular complexity index is 915. The van der Waals surface area contributed by atoms with Crippen molar-refractivity contribution in [3.8, 4) is 0 Å². The van der Waals surface area contributed by atoms with Gasteiger partial charge in [0.1, 0.15) is 11.1 Å². The minimum absolute atomic E-state index is 0.0285. The number of benzene rings is 2. The Hall–Kier alpha value is -2.62. The van der Waals surface area contributed by atoms with Gasteiger partial charge in [0.2, 0.25) is 0 Å². The maximum Gasteiger partial charge on any atom is 0.193 e. The van der Waals surface area contributed by atoms with Crippen LogP contribution in [-0.2, 0) is 0 Å². The summed E-state index contributed by atoms with van der Waals surface area (Å²) in [6.07, 6.45) is 0. The highest BCUT2D eigenvalue weighted by Gasteiger charge is 2.74. The Balaban J connectivity index is 2.07. The summed E-state index contributed by atoms with van der Waals surface area (Å²) in [4.78, 5) is 28.1. The highest BCUT2D eigenvalue weighted by Crippen LogP contribution is 2.59. The number of Topliss-reactive ketones (excluding diaryl/α,β-unsaturated/α-hetero) is 2. The molecule has 2 heterocycles. The van der Waals surface area contributed by atoms with Crippen LogP contribution in [0.2, 0.25) is 0 Å². The average molecular weight is 377 g/mol. The zero-order chi connectivity index (χ0) is 20.5. The van der Waals surface area contributed by atoms with Crippen molar-refractivity contribution in [2.24, 2.45) is 10.8 Å². The maximum atomic E-state index is 14.0. The molecule has 2 unspecified atom stereocenters. The van der Waals surface area contributed by atoms with Crippen LogP contribution in [0.5, 0.6) is 0 Å². The minimum atomic E-state index is -1.14. The van der Waals surface area contributed by atoms with Crippen LogP contribution < -0.4 is 10.6 Å². The lowest BCUT2D eigenvalue weighted by Crippen LogP contribution is -2.77. The minimum Gasteiger partial charge on any atom is -0.369 e. The monoisotopic (exact) mass is 376 g/mol. The summed E-state index contributed by atoms with van der Waals surface area (Å²) in [6, 6.07) is 15.1. The zero-order valence-electron chi connectivity index (χ0n) is 17.4. The van der Waals surface area contributed by atoms with E-state index >= 15 is 0 Å². The second-order valence-corrected chi connectivity index (χ2v) is 10.00. The van der Waals surface area contributed by atoms with Crippen LogP contribution in [0.15, 0.2) is 48.5 Å². The second-order valence-electron chi connectivity index (χ2n) is 10.00. The van der Waals surface area contributed by atoms with Crippen LogP contribution in [0.25, 0.3) is 0 Å². The number of fused-ring (bicyclic) bond motifs is 2. The second kappa shape index (κ2) is 5.47. The van der Waals surface area contributed by atoms with Crippen molar-refractivity contribution in [2.75, 3.05) is 10.6 Å². The Morgan fingerprint density at radius 2 is 0.929 bits per heavy atom. The molecule has 4 heteroatoms. The van der Waals surface area contributed by atoms with Crippen molar-refractivity contribution in [1.29, 1.82) is 0 Å². The van der Waals surface area contributed by atoms with Gasteiger partial charge in [0, 0.05) is 22.5 Å². The molecule has 0 fully saturated rings. The van der Waals surface area contributed by atoms with Crippen molar-refractivity contribution in [2.45, 2.75) is 52.6 Å². The molecule has 0 aromatic heterocycles. The highest BCUT2D eigenvalue weighted by atomic mass is 16.1. The molecule has 2 aromatic rings. The largest absolute Gasteiger partial charge is 0.369 e. The number of carbonyl (C=O) groups excluding carboxylic acids is 2. The Morgan fingerprint density at radius 1 is 0.607 bits per heavy atom. The first-order chi connectivity index (χ1) is 13.0. The zero-order valence-corrected chi connectivity index (χ0v) is 17.4. The number of anilines is 2. The van der Waals surface area contributed by atoms with Crippen LogP contribution in [0.3, 0.4) is 0 Å². The molecule has 0 radical (unpaired) electrons. The van der Waals surface area contributed by atoms with Crippen molar-refractivity contribution >= 4 is 22.9 Å². The molecule has 4 nitrogen and oxygen atoms in total. The molecule has 2 aliphatic heterocycles. The summed E-state index contributed by atoms with van der Waals surface area (Å²) < 4.78 is 0. The van der Waals surface area contributed by atoms with E-state index in [0.717, 1.165) is 11.4 Å². The number of hydrogen-bond acceptors (Lipinski definition) is 4. The molecular formula is C24H28N2O2. The topological polar surface area (TPSA) is 58.2 Å². The molecule has 0 amide bonds. The van der Waals surface area contributed by atoms with E-state index in [0.29, 0.717) is 11.1 Å². The fourth-order valence-electron chi connectivity index (χ4n) is 5.21. The van der Waals surface area contributed by atoms with Gasteiger partial charge in [-0.15, -0.1) is 0 Å². The van der Waals surface area contributed by atoms with Crippen LogP contribution in [0.4, 0.5) is 11.4 Å². The summed E-state index contributed by atoms with van der Waals surface area (Å²) in [5.74, 6) is -0.0571. The number of carbonyl (C=O) groups is 2. The average Bonchev–Trinajstić information content (AvgIpc) is 3.09. The first kappa shape index (κ1) is 18.7. The van der Waals surface area contributed by atoms with E-state index in [-0.39, 0.29) is 11.6 Å². The van der Waals surface area contributed by atoms with Crippen LogP contribution >= 0.6 is 0 Å². The van der Waals surface area contributed by atoms with Gasteiger partial charge in [-0.3, -0.25) is 9.59 Å². The maximum absolute atomic E-state index is 14.0. The van der Waals surface area contributed by atoms with E-state index in [1.807, 2.05) is 90.1 Å². The first-order valence-corrected chi connectivity index (χ1v) is 9.81. The normalized spacial score (nSPS) is 26.5. The number of ketones is 2. The highest BCUT2D eigenvalue weighted by molar-refractivity contribution is 6.24. The van der Waals surface area contributed by atoms with E-state index in [2.05, 4.69) is 10.6 Å². The van der Waals surface area contributed by atoms with Crippen LogP contribution in [-0.4, -0.2) is 22.6 Å². The third-order valence-electron chi connectivity index (χ3n) is 6.48. The molecule has 0 aliphatic carbocycles. The number of rotatable bonds is 1. The molecule has 4 rings (SSSR count). The number of nitrogens with one attached hydrogen (secondary N) is 2. The van der Waals surface area contributed by atoms with Gasteiger partial charge in [-0.05, 0) is 35.1 Å². The molecule has 2 N–H and O–H groups in total. The number of para-hydroxylation sites is 2. The third kappa shape index (κ3) is 2.01. The first-order valence-electron chi connectivity index (χ1n) is 9.81. The molecular weight excluding hydrogens is 348 g/mol. The molecule has 0 saturated heterocycles. The molecule has 0 spiro atoms. The Labute approximate surface area is 166 Å². The van der Waals surface area contributed by atoms with Gasteiger partial charge in [-0.2, -0.15) is 0 Å². The van der Waals surface area contributed by atoms with Gasteiger partial charge in [-0.1, -0.05) is 65.8 Å². The van der Waals surface area contributed by atoms with Crippen molar-refractivity contribution in [3.63, 3.8) is 0 Å². The molecule has 2 aliphatic rings. The van der Waals surface area contributed by atoms with E-state index in [1.165, 1.54) is 0 Å². The fraction of sp³-hybridized carbons (Fsp3) is 0.417. The molecule has 146 valence electrons. The standard InChI is InChI=1S/C24H28N2O2/c1-21(2,3)23(19(27)15-11-7-9-13-17(15)25-23)24(22(4,5)6)20(28)16-12-8-10-14-18(16)26-24/h7-14,25-26H,1-6H3. The Kier molecular flexibility index (Phi) is 3.66. The smallest absolute Gasteiger partial charge is 0.193 e. The summed E-state index contributed by atoms with van der Waals surface area (Å²) in [7, 11) is 0. The van der Waals surface area contributed by atoms with Gasteiger partial charge in [0.15, 0.2) is 11.6 Å². The summed E-state index contributed by atoms with van der Waals surface area (Å²) in [6.45, 7) is 12.2. The lowest BCUT2D eigenvalue weighted by Gasteiger charge is -2.57. The van der Waals surface area contributed by atoms with E-state index in [1.54, 1.807) is 0 Å². The van der Waals surface area contributed by atoms with E-state index < -0.39 is 21.9 Å². The van der Waals surface area contributed by atoms with Gasteiger partial charge in [-0.25, -0.2) is 0 Å². The predicted octanol–water partition coefficient (Wildman–Crippen LogP) is 5.17. The molecule has 2 atom stereocenters. The SMILES string of the molecule is CC(C)(C)C1(C2(C(C)(C)C)Nc3ccccc3C2=O)Nc2ccccc2C1=O. The predicted molar refractivity (Wildman–Crippen MR) is 113 cm³/mol. The van der Waals surface area contributed by atoms with Gasteiger partial charge < -0.3 is 10.6 Å². The number of hydrogen-bond donors (Lipinski definition) is 2. The Morgan fingerprint density at radius 3 is 1.21 bits per heavy atom. The van der Waals surface area contributed by atoms with Gasteiger partial charge in [0.05, 0.1) is 0 Å². The van der Waals surface area contributed by atoms with Crippen molar-refractivity contribution in [3.05, 3.63) is 59.7 Å². The lowest BCUT2D eigenvalue weighted by atomic mass is 9.51. The lowest BCUT2D eigenvalue weighted by molar-refractivity contribution is 0.0346. The summed E-state index contributed by atoms with van der Waals surface area (Å²) in [5.41, 5.74) is -0.496. The van der Waals surface area contributed by atoms with E-state index in [4.69, 9.17) is 0 Å². The summed E-state index contributed by atoms with van der Waals surface area (Å²) in [5, 5.41) is 7.12. The van der Waals surface area contributed by atoms with Gasteiger partial charge >= 0.3 is 0 Å². The quantitative estimate of drug-likeness (QED) is 0.721. The molecule has 0 saturated carbocycles. The molecule has 28 heavy (non-hydrogen) atoms. The fourth-order valence-corrected chi connectivity index (χ4v) is 5.21. The van der Waals surface area contributed by atoms with Crippen LogP contribution in [0, 0.1) is 10.8 Å².